The lowest BCUT2D eigenvalue weighted by Crippen LogP contribution is -2.03. The first-order chi connectivity index (χ1) is 11.0. The van der Waals surface area contributed by atoms with Crippen molar-refractivity contribution in [2.24, 2.45) is 0 Å². The maximum Gasteiger partial charge on any atom is 0.336 e. The van der Waals surface area contributed by atoms with E-state index in [1.807, 2.05) is 0 Å². The van der Waals surface area contributed by atoms with Crippen molar-refractivity contribution in [1.82, 2.24) is 0 Å². The second kappa shape index (κ2) is 7.61. The van der Waals surface area contributed by atoms with E-state index >= 15 is 0 Å². The first kappa shape index (κ1) is 16.0. The third-order valence-corrected chi connectivity index (χ3v) is 2.82. The normalized spacial score (nSPS) is 11.0. The van der Waals surface area contributed by atoms with E-state index in [4.69, 9.17) is 14.9 Å². The maximum absolute atomic E-state index is 11.7. The standard InChI is InChI=1S/C18H14O5/c19-15-7-1-13(2-8-15)6-12-18(22)23-16-9-3-14(4-10-16)5-11-17(20)21/h1-12,19H,(H,20,21)/b11-5+,12-6?. The number of esters is 1. The summed E-state index contributed by atoms with van der Waals surface area (Å²) in [5, 5.41) is 17.7. The number of carbonyl (C=O) groups excluding carboxylic acids is 1. The third kappa shape index (κ3) is 5.51. The Kier molecular flexibility index (Phi) is 5.30. The van der Waals surface area contributed by atoms with Gasteiger partial charge in [-0.25, -0.2) is 9.59 Å². The number of carboxylic acid groups (broad SMARTS) is 1. The van der Waals surface area contributed by atoms with E-state index < -0.39 is 11.9 Å². The number of aliphatic carboxylic acids is 1. The summed E-state index contributed by atoms with van der Waals surface area (Å²) in [6.07, 6.45) is 5.33. The van der Waals surface area contributed by atoms with E-state index in [1.54, 1.807) is 42.5 Å². The SMILES string of the molecule is O=C(O)/C=C/c1ccc(OC(=O)C=Cc2ccc(O)cc2)cc1. The highest BCUT2D eigenvalue weighted by atomic mass is 16.5. The molecule has 0 unspecified atom stereocenters. The van der Waals surface area contributed by atoms with Gasteiger partial charge in [0, 0.05) is 12.2 Å². The molecule has 116 valence electrons. The van der Waals surface area contributed by atoms with Crippen LogP contribution in [0.15, 0.2) is 60.7 Å². The highest BCUT2D eigenvalue weighted by Gasteiger charge is 2.00. The van der Waals surface area contributed by atoms with Crippen LogP contribution in [0.5, 0.6) is 11.5 Å². The van der Waals surface area contributed by atoms with Crippen LogP contribution in [0.3, 0.4) is 0 Å². The molecule has 0 saturated heterocycles. The predicted octanol–water partition coefficient (Wildman–Crippen LogP) is 3.11. The van der Waals surface area contributed by atoms with Gasteiger partial charge in [-0.1, -0.05) is 24.3 Å². The molecule has 5 nitrogen and oxygen atoms in total. The summed E-state index contributed by atoms with van der Waals surface area (Å²) in [5.41, 5.74) is 1.45. The molecule has 0 spiro atoms. The lowest BCUT2D eigenvalue weighted by molar-refractivity contribution is -0.131. The fourth-order valence-corrected chi connectivity index (χ4v) is 1.71. The first-order valence-corrected chi connectivity index (χ1v) is 6.73. The Bertz CT molecular complexity index is 740. The summed E-state index contributed by atoms with van der Waals surface area (Å²) in [5.74, 6) is -1.05. The molecule has 0 atom stereocenters. The van der Waals surface area contributed by atoms with E-state index in [2.05, 4.69) is 0 Å². The van der Waals surface area contributed by atoms with Crippen LogP contribution >= 0.6 is 0 Å². The van der Waals surface area contributed by atoms with E-state index in [0.717, 1.165) is 11.6 Å². The molecule has 0 heterocycles. The van der Waals surface area contributed by atoms with Crippen LogP contribution < -0.4 is 4.74 Å². The van der Waals surface area contributed by atoms with Crippen molar-refractivity contribution in [2.75, 3.05) is 0 Å². The molecule has 0 amide bonds. The van der Waals surface area contributed by atoms with E-state index in [1.165, 1.54) is 24.3 Å². The number of aromatic hydroxyl groups is 1. The molecule has 2 rings (SSSR count). The molecule has 2 aromatic rings. The topological polar surface area (TPSA) is 83.8 Å². The van der Waals surface area contributed by atoms with Crippen LogP contribution in [0.4, 0.5) is 0 Å². The zero-order valence-corrected chi connectivity index (χ0v) is 12.0. The second-order valence-electron chi connectivity index (χ2n) is 4.59. The summed E-state index contributed by atoms with van der Waals surface area (Å²) in [6.45, 7) is 0. The fourth-order valence-electron chi connectivity index (χ4n) is 1.71. The van der Waals surface area contributed by atoms with Crippen LogP contribution in [-0.4, -0.2) is 22.2 Å². The van der Waals surface area contributed by atoms with Crippen LogP contribution in [0.25, 0.3) is 12.2 Å². The average Bonchev–Trinajstić information content (AvgIpc) is 2.53. The van der Waals surface area contributed by atoms with Crippen molar-refractivity contribution < 1.29 is 24.5 Å². The summed E-state index contributed by atoms with van der Waals surface area (Å²) in [4.78, 5) is 22.1. The van der Waals surface area contributed by atoms with Gasteiger partial charge in [0.25, 0.3) is 0 Å². The molecule has 0 aromatic heterocycles. The monoisotopic (exact) mass is 310 g/mol. The highest BCUT2D eigenvalue weighted by Crippen LogP contribution is 2.14. The first-order valence-electron chi connectivity index (χ1n) is 6.73. The lowest BCUT2D eigenvalue weighted by atomic mass is 10.2. The molecule has 0 aliphatic carbocycles. The van der Waals surface area contributed by atoms with Crippen molar-refractivity contribution in [3.63, 3.8) is 0 Å². The average molecular weight is 310 g/mol. The number of ether oxygens (including phenoxy) is 1. The van der Waals surface area contributed by atoms with Crippen molar-refractivity contribution in [1.29, 1.82) is 0 Å². The van der Waals surface area contributed by atoms with Crippen molar-refractivity contribution >= 4 is 24.1 Å². The molecule has 0 fully saturated rings. The number of benzene rings is 2. The number of carboxylic acids is 1. The van der Waals surface area contributed by atoms with E-state index in [0.29, 0.717) is 11.3 Å². The van der Waals surface area contributed by atoms with Gasteiger partial charge in [0.2, 0.25) is 0 Å². The van der Waals surface area contributed by atoms with Gasteiger partial charge in [-0.15, -0.1) is 0 Å². The van der Waals surface area contributed by atoms with Crippen LogP contribution in [0.1, 0.15) is 11.1 Å². The minimum atomic E-state index is -1.03. The van der Waals surface area contributed by atoms with Crippen LogP contribution in [0.2, 0.25) is 0 Å². The maximum atomic E-state index is 11.7. The number of rotatable bonds is 5. The largest absolute Gasteiger partial charge is 0.508 e. The number of phenolic OH excluding ortho intramolecular Hbond substituents is 1. The second-order valence-corrected chi connectivity index (χ2v) is 4.59. The Morgan fingerprint density at radius 2 is 1.35 bits per heavy atom. The Morgan fingerprint density at radius 3 is 1.91 bits per heavy atom. The van der Waals surface area contributed by atoms with Gasteiger partial charge in [-0.05, 0) is 47.5 Å². The fraction of sp³-hybridized carbons (Fsp3) is 0. The van der Waals surface area contributed by atoms with Gasteiger partial charge in [0.15, 0.2) is 0 Å². The van der Waals surface area contributed by atoms with Gasteiger partial charge < -0.3 is 14.9 Å². The quantitative estimate of drug-likeness (QED) is 0.503. The highest BCUT2D eigenvalue weighted by molar-refractivity contribution is 5.89. The molecular formula is C18H14O5. The van der Waals surface area contributed by atoms with Crippen LogP contribution in [0, 0.1) is 0 Å². The summed E-state index contributed by atoms with van der Waals surface area (Å²) in [6, 6.07) is 12.8. The van der Waals surface area contributed by atoms with Gasteiger partial charge >= 0.3 is 11.9 Å². The number of carbonyl (C=O) groups is 2. The molecule has 0 bridgehead atoms. The minimum Gasteiger partial charge on any atom is -0.508 e. The zero-order valence-electron chi connectivity index (χ0n) is 12.0. The van der Waals surface area contributed by atoms with E-state index in [-0.39, 0.29) is 5.75 Å². The Balaban J connectivity index is 1.94. The smallest absolute Gasteiger partial charge is 0.336 e. The molecule has 0 aliphatic rings. The molecule has 0 saturated carbocycles. The summed E-state index contributed by atoms with van der Waals surface area (Å²) < 4.78 is 5.12. The molecule has 2 aromatic carbocycles. The number of hydrogen-bond acceptors (Lipinski definition) is 4. The summed E-state index contributed by atoms with van der Waals surface area (Å²) >= 11 is 0. The number of phenols is 1. The Morgan fingerprint density at radius 1 is 0.826 bits per heavy atom. The van der Waals surface area contributed by atoms with Crippen molar-refractivity contribution in [3.05, 3.63) is 71.8 Å². The summed E-state index contributed by atoms with van der Waals surface area (Å²) in [7, 11) is 0. The molecular weight excluding hydrogens is 296 g/mol. The molecule has 2 N–H and O–H groups in total. The molecule has 23 heavy (non-hydrogen) atoms. The minimum absolute atomic E-state index is 0.154. The van der Waals surface area contributed by atoms with Crippen molar-refractivity contribution in [2.45, 2.75) is 0 Å². The molecule has 0 aliphatic heterocycles. The molecule has 0 radical (unpaired) electrons. The predicted molar refractivity (Wildman–Crippen MR) is 85.9 cm³/mol. The van der Waals surface area contributed by atoms with Crippen molar-refractivity contribution in [3.8, 4) is 11.5 Å². The van der Waals surface area contributed by atoms with E-state index in [9.17, 15) is 9.59 Å². The Labute approximate surface area is 132 Å². The molecule has 5 heteroatoms. The Hall–Kier alpha value is -3.34. The van der Waals surface area contributed by atoms with Gasteiger partial charge in [0.05, 0.1) is 0 Å². The van der Waals surface area contributed by atoms with Gasteiger partial charge in [-0.3, -0.25) is 0 Å². The van der Waals surface area contributed by atoms with Crippen LogP contribution in [-0.2, 0) is 9.59 Å². The lowest BCUT2D eigenvalue weighted by Gasteiger charge is -2.01. The third-order valence-electron chi connectivity index (χ3n) is 2.82. The zero-order chi connectivity index (χ0) is 16.7. The van der Waals surface area contributed by atoms with Gasteiger partial charge in [-0.2, -0.15) is 0 Å². The number of hydrogen-bond donors (Lipinski definition) is 2. The van der Waals surface area contributed by atoms with Gasteiger partial charge in [0.1, 0.15) is 11.5 Å².